The van der Waals surface area contributed by atoms with Crippen molar-refractivity contribution >= 4 is 21.9 Å². The lowest BCUT2D eigenvalue weighted by atomic mass is 10.0. The van der Waals surface area contributed by atoms with E-state index in [4.69, 9.17) is 9.15 Å². The normalized spacial score (nSPS) is 11.4. The molecule has 104 valence electrons. The molecule has 0 fully saturated rings. The predicted octanol–water partition coefficient (Wildman–Crippen LogP) is 5.30. The van der Waals surface area contributed by atoms with Crippen molar-refractivity contribution < 1.29 is 9.15 Å². The Morgan fingerprint density at radius 3 is 2.25 bits per heavy atom. The van der Waals surface area contributed by atoms with Gasteiger partial charge in [-0.1, -0.05) is 19.1 Å². The molecule has 0 radical (unpaired) electrons. The molecule has 0 amide bonds. The number of benzene rings is 2. The van der Waals surface area contributed by atoms with E-state index < -0.39 is 0 Å². The Kier molecular flexibility index (Phi) is 3.17. The molecule has 0 atom stereocenters. The Hall–Kier alpha value is -1.96. The maximum atomic E-state index is 6.14. The fourth-order valence-electron chi connectivity index (χ4n) is 2.62. The highest BCUT2D eigenvalue weighted by atomic mass is 16.5. The number of hydrogen-bond acceptors (Lipinski definition) is 2. The lowest BCUT2D eigenvalue weighted by molar-refractivity contribution is 0.315. The minimum Gasteiger partial charge on any atom is -0.493 e. The van der Waals surface area contributed by atoms with Crippen LogP contribution in [0.15, 0.2) is 28.7 Å². The molecule has 0 bridgehead atoms. The first kappa shape index (κ1) is 13.0. The molecule has 1 aromatic heterocycles. The van der Waals surface area contributed by atoms with Crippen molar-refractivity contribution in [2.45, 2.75) is 34.1 Å². The van der Waals surface area contributed by atoms with E-state index >= 15 is 0 Å². The van der Waals surface area contributed by atoms with Crippen molar-refractivity contribution in [2.75, 3.05) is 6.61 Å². The lowest BCUT2D eigenvalue weighted by Crippen LogP contribution is -1.96. The molecule has 0 unspecified atom stereocenters. The summed E-state index contributed by atoms with van der Waals surface area (Å²) in [6.45, 7) is 9.15. The zero-order valence-corrected chi connectivity index (χ0v) is 12.5. The summed E-state index contributed by atoms with van der Waals surface area (Å²) in [4.78, 5) is 0. The molecule has 0 spiro atoms. The van der Waals surface area contributed by atoms with E-state index in [1.54, 1.807) is 0 Å². The highest BCUT2D eigenvalue weighted by Crippen LogP contribution is 2.36. The number of aryl methyl sites for hydroxylation is 3. The van der Waals surface area contributed by atoms with Crippen LogP contribution in [0.2, 0.25) is 0 Å². The maximum absolute atomic E-state index is 6.14. The fraction of sp³-hybridized carbons (Fsp3) is 0.333. The van der Waals surface area contributed by atoms with Crippen molar-refractivity contribution in [3.05, 3.63) is 41.0 Å². The van der Waals surface area contributed by atoms with Crippen LogP contribution < -0.4 is 4.74 Å². The average molecular weight is 268 g/mol. The zero-order valence-electron chi connectivity index (χ0n) is 12.5. The molecule has 20 heavy (non-hydrogen) atoms. The van der Waals surface area contributed by atoms with Crippen molar-refractivity contribution in [3.63, 3.8) is 0 Å². The summed E-state index contributed by atoms with van der Waals surface area (Å²) in [6.07, 6.45) is 1.01. The second-order valence-corrected chi connectivity index (χ2v) is 5.40. The van der Waals surface area contributed by atoms with Gasteiger partial charge in [-0.3, -0.25) is 0 Å². The predicted molar refractivity (Wildman–Crippen MR) is 83.7 cm³/mol. The molecule has 1 heterocycles. The minimum absolute atomic E-state index is 0.741. The second kappa shape index (κ2) is 4.86. The van der Waals surface area contributed by atoms with Gasteiger partial charge >= 0.3 is 0 Å². The number of ether oxygens (including phenoxy) is 1. The maximum Gasteiger partial charge on any atom is 0.142 e. The van der Waals surface area contributed by atoms with Gasteiger partial charge in [-0.05, 0) is 50.5 Å². The summed E-state index contributed by atoms with van der Waals surface area (Å²) in [6, 6.07) is 8.46. The Labute approximate surface area is 119 Å². The van der Waals surface area contributed by atoms with E-state index in [9.17, 15) is 0 Å². The first-order valence-corrected chi connectivity index (χ1v) is 7.18. The molecule has 0 saturated heterocycles. The van der Waals surface area contributed by atoms with Gasteiger partial charge in [0.2, 0.25) is 0 Å². The van der Waals surface area contributed by atoms with Crippen LogP contribution in [0.25, 0.3) is 21.9 Å². The Morgan fingerprint density at radius 1 is 0.900 bits per heavy atom. The molecule has 0 aliphatic rings. The van der Waals surface area contributed by atoms with Crippen molar-refractivity contribution in [1.29, 1.82) is 0 Å². The molecule has 0 N–H and O–H groups in total. The van der Waals surface area contributed by atoms with Gasteiger partial charge in [0.25, 0.3) is 0 Å². The summed E-state index contributed by atoms with van der Waals surface area (Å²) in [5.74, 6) is 0.924. The monoisotopic (exact) mass is 268 g/mol. The third-order valence-corrected chi connectivity index (χ3v) is 3.99. The number of rotatable bonds is 3. The van der Waals surface area contributed by atoms with Crippen LogP contribution in [-0.2, 0) is 0 Å². The van der Waals surface area contributed by atoms with E-state index in [-0.39, 0.29) is 0 Å². The van der Waals surface area contributed by atoms with Gasteiger partial charge in [0.1, 0.15) is 16.9 Å². The van der Waals surface area contributed by atoms with Gasteiger partial charge in [0, 0.05) is 16.3 Å². The van der Waals surface area contributed by atoms with Crippen LogP contribution in [0, 0.1) is 20.8 Å². The van der Waals surface area contributed by atoms with Crippen molar-refractivity contribution in [1.82, 2.24) is 0 Å². The SMILES string of the molecule is CCCOc1ccc2c(oc3c(C)c(C)ccc32)c1C. The van der Waals surface area contributed by atoms with Gasteiger partial charge in [-0.15, -0.1) is 0 Å². The number of hydrogen-bond donors (Lipinski definition) is 0. The smallest absolute Gasteiger partial charge is 0.142 e. The summed E-state index contributed by atoms with van der Waals surface area (Å²) in [5, 5.41) is 2.36. The molecular weight excluding hydrogens is 248 g/mol. The standard InChI is InChI=1S/C18H20O2/c1-5-10-19-16-9-8-15-14-7-6-11(2)12(3)17(14)20-18(15)13(16)4/h6-9H,5,10H2,1-4H3. The highest BCUT2D eigenvalue weighted by molar-refractivity contribution is 6.07. The van der Waals surface area contributed by atoms with E-state index in [0.717, 1.165) is 35.5 Å². The molecule has 2 aromatic carbocycles. The van der Waals surface area contributed by atoms with Crippen LogP contribution in [0.4, 0.5) is 0 Å². The Morgan fingerprint density at radius 2 is 1.55 bits per heavy atom. The summed E-state index contributed by atoms with van der Waals surface area (Å²) in [5.41, 5.74) is 5.51. The highest BCUT2D eigenvalue weighted by Gasteiger charge is 2.14. The van der Waals surface area contributed by atoms with Crippen LogP contribution in [-0.4, -0.2) is 6.61 Å². The fourth-order valence-corrected chi connectivity index (χ4v) is 2.62. The van der Waals surface area contributed by atoms with E-state index in [0.29, 0.717) is 0 Å². The largest absolute Gasteiger partial charge is 0.493 e. The van der Waals surface area contributed by atoms with Crippen LogP contribution in [0.3, 0.4) is 0 Å². The third kappa shape index (κ3) is 1.87. The molecule has 0 aliphatic carbocycles. The van der Waals surface area contributed by atoms with Crippen LogP contribution in [0.5, 0.6) is 5.75 Å². The van der Waals surface area contributed by atoms with E-state index in [1.165, 1.54) is 21.9 Å². The average Bonchev–Trinajstić information content (AvgIpc) is 2.83. The van der Waals surface area contributed by atoms with Crippen LogP contribution in [0.1, 0.15) is 30.0 Å². The molecule has 2 heteroatoms. The van der Waals surface area contributed by atoms with E-state index in [2.05, 4.69) is 52.0 Å². The van der Waals surface area contributed by atoms with Gasteiger partial charge in [-0.2, -0.15) is 0 Å². The quantitative estimate of drug-likeness (QED) is 0.643. The molecule has 0 aliphatic heterocycles. The van der Waals surface area contributed by atoms with Crippen molar-refractivity contribution in [3.8, 4) is 5.75 Å². The van der Waals surface area contributed by atoms with Crippen LogP contribution >= 0.6 is 0 Å². The first-order valence-electron chi connectivity index (χ1n) is 7.18. The summed E-state index contributed by atoms with van der Waals surface area (Å²) >= 11 is 0. The molecule has 2 nitrogen and oxygen atoms in total. The topological polar surface area (TPSA) is 22.4 Å². The Balaban J connectivity index is 2.27. The minimum atomic E-state index is 0.741. The molecule has 3 rings (SSSR count). The van der Waals surface area contributed by atoms with Gasteiger partial charge in [-0.25, -0.2) is 0 Å². The Bertz CT molecular complexity index is 781. The third-order valence-electron chi connectivity index (χ3n) is 3.99. The van der Waals surface area contributed by atoms with Gasteiger partial charge in [0.15, 0.2) is 0 Å². The summed E-state index contributed by atoms with van der Waals surface area (Å²) < 4.78 is 11.9. The molecule has 3 aromatic rings. The summed E-state index contributed by atoms with van der Waals surface area (Å²) in [7, 11) is 0. The van der Waals surface area contributed by atoms with Gasteiger partial charge in [0.05, 0.1) is 6.61 Å². The zero-order chi connectivity index (χ0) is 14.3. The second-order valence-electron chi connectivity index (χ2n) is 5.40. The molecular formula is C18H20O2. The molecule has 0 saturated carbocycles. The van der Waals surface area contributed by atoms with Crippen molar-refractivity contribution in [2.24, 2.45) is 0 Å². The van der Waals surface area contributed by atoms with E-state index in [1.807, 2.05) is 0 Å². The van der Waals surface area contributed by atoms with Gasteiger partial charge < -0.3 is 9.15 Å². The number of furan rings is 1. The number of fused-ring (bicyclic) bond motifs is 3. The lowest BCUT2D eigenvalue weighted by Gasteiger charge is -2.07. The first-order chi connectivity index (χ1) is 9.63.